The molecule has 0 bridgehead atoms. The molecule has 0 aromatic heterocycles. The maximum Gasteiger partial charge on any atom is -0.197 e. The molecule has 0 atom stereocenters. The van der Waals surface area contributed by atoms with Crippen LogP contribution in [-0.2, 0) is 17.1 Å². The first kappa shape index (κ1) is 17.4. The molecule has 0 saturated carbocycles. The first-order valence-electron chi connectivity index (χ1n) is 6.41. The molecule has 0 nitrogen and oxygen atoms in total. The normalized spacial score (nSPS) is 9.29. The fourth-order valence-corrected chi connectivity index (χ4v) is 5.75. The fraction of sp³-hybridized carbons (Fsp3) is 1.00. The number of unbranched alkanes of at least 4 members (excludes halogenated alkanes) is 6. The summed E-state index contributed by atoms with van der Waals surface area (Å²) in [4.78, 5) is 0. The van der Waals surface area contributed by atoms with E-state index in [0.29, 0.717) is 0 Å². The van der Waals surface area contributed by atoms with Crippen molar-refractivity contribution in [1.29, 1.82) is 0 Å². The average molecular weight is 270 g/mol. The van der Waals surface area contributed by atoms with Gasteiger partial charge in [0.25, 0.3) is 0 Å². The predicted molar refractivity (Wildman–Crippen MR) is 68.3 cm³/mol. The van der Waals surface area contributed by atoms with Gasteiger partial charge in [0.15, 0.2) is 0 Å². The summed E-state index contributed by atoms with van der Waals surface area (Å²) in [6.45, 7) is 4.60. The van der Waals surface area contributed by atoms with Gasteiger partial charge in [-0.25, -0.2) is 0 Å². The molecule has 0 aliphatic carbocycles. The topological polar surface area (TPSA) is 0 Å². The third kappa shape index (κ3) is 15.4. The van der Waals surface area contributed by atoms with Crippen LogP contribution >= 0.6 is 13.5 Å². The van der Waals surface area contributed by atoms with Gasteiger partial charge in [-0.15, -0.1) is 0 Å². The second-order valence-electron chi connectivity index (χ2n) is 4.18. The molecular formula is C12H28SZn. The van der Waals surface area contributed by atoms with Crippen LogP contribution in [-0.4, -0.2) is 0 Å². The van der Waals surface area contributed by atoms with Crippen LogP contribution in [0.25, 0.3) is 0 Å². The smallest absolute Gasteiger partial charge is 0.197 e. The summed E-state index contributed by atoms with van der Waals surface area (Å²) in [6, 6.07) is 0. The van der Waals surface area contributed by atoms with E-state index in [2.05, 4.69) is 13.8 Å². The van der Waals surface area contributed by atoms with Gasteiger partial charge in [0.1, 0.15) is 0 Å². The Bertz CT molecular complexity index is 76.4. The molecule has 0 rings (SSSR count). The first-order valence-corrected chi connectivity index (χ1v) is 10.6. The Balaban J connectivity index is 0. The van der Waals surface area contributed by atoms with Crippen molar-refractivity contribution in [2.24, 2.45) is 0 Å². The van der Waals surface area contributed by atoms with Gasteiger partial charge in [-0.1, -0.05) is 0 Å². The molecular weight excluding hydrogens is 242 g/mol. The zero-order valence-electron chi connectivity index (χ0n) is 10.3. The molecule has 0 aliphatic rings. The van der Waals surface area contributed by atoms with Gasteiger partial charge in [-0.05, 0) is 0 Å². The fourth-order valence-electron chi connectivity index (χ4n) is 1.74. The molecule has 14 heavy (non-hydrogen) atoms. The van der Waals surface area contributed by atoms with E-state index in [1.807, 2.05) is 0 Å². The minimum Gasteiger partial charge on any atom is -0.197 e. The summed E-state index contributed by atoms with van der Waals surface area (Å²) in [5.74, 6) is 0. The summed E-state index contributed by atoms with van der Waals surface area (Å²) in [5, 5.41) is 3.32. The zero-order chi connectivity index (χ0) is 9.78. The predicted octanol–water partition coefficient (Wildman–Crippen LogP) is 5.18. The molecule has 0 amide bonds. The summed E-state index contributed by atoms with van der Waals surface area (Å²) in [7, 11) is 0. The van der Waals surface area contributed by atoms with Gasteiger partial charge < -0.3 is 0 Å². The van der Waals surface area contributed by atoms with Crippen LogP contribution in [0.4, 0.5) is 0 Å². The third-order valence-electron chi connectivity index (χ3n) is 2.71. The van der Waals surface area contributed by atoms with Crippen LogP contribution in [0.15, 0.2) is 0 Å². The maximum absolute atomic E-state index is 2.31. The van der Waals surface area contributed by atoms with Crippen LogP contribution in [0.1, 0.15) is 65.2 Å². The van der Waals surface area contributed by atoms with Gasteiger partial charge in [-0.2, -0.15) is 13.5 Å². The minimum atomic E-state index is -0.0287. The van der Waals surface area contributed by atoms with Crippen LogP contribution in [0, 0.1) is 0 Å². The molecule has 0 heterocycles. The monoisotopic (exact) mass is 268 g/mol. The molecule has 0 spiro atoms. The average Bonchev–Trinajstić information content (AvgIpc) is 2.16. The van der Waals surface area contributed by atoms with Gasteiger partial charge in [-0.3, -0.25) is 0 Å². The van der Waals surface area contributed by atoms with Crippen molar-refractivity contribution >= 4 is 13.5 Å². The van der Waals surface area contributed by atoms with Crippen molar-refractivity contribution < 1.29 is 17.1 Å². The van der Waals surface area contributed by atoms with E-state index in [4.69, 9.17) is 0 Å². The molecule has 0 aromatic rings. The Morgan fingerprint density at radius 2 is 1.14 bits per heavy atom. The second kappa shape index (κ2) is 16.4. The standard InChI is InChI=1S/C8H17.C4H9.H2S.Zn/c1-3-5-7-8-6-4-2;1-3-4-2;;/h1,3-8H2,2H3;1,3-4H2,2H3;1H2;. The third-order valence-corrected chi connectivity index (χ3v) is 6.90. The molecule has 0 unspecified atom stereocenters. The molecule has 0 saturated heterocycles. The van der Waals surface area contributed by atoms with Crippen LogP contribution in [0.5, 0.6) is 0 Å². The van der Waals surface area contributed by atoms with E-state index >= 15 is 0 Å². The SMILES string of the molecule is CCCCCCC[CH2][Zn][CH2]CCC.S. The largest absolute Gasteiger partial charge is 0.197 e. The number of hydrogen-bond acceptors (Lipinski definition) is 0. The summed E-state index contributed by atoms with van der Waals surface area (Å²) in [6.07, 6.45) is 11.9. The minimum absolute atomic E-state index is 0. The molecule has 0 aliphatic heterocycles. The molecule has 0 fully saturated rings. The Morgan fingerprint density at radius 1 is 0.643 bits per heavy atom. The van der Waals surface area contributed by atoms with Crippen molar-refractivity contribution in [1.82, 2.24) is 0 Å². The second-order valence-corrected chi connectivity index (χ2v) is 8.63. The maximum atomic E-state index is 2.31. The van der Waals surface area contributed by atoms with E-state index in [0.717, 1.165) is 0 Å². The molecule has 0 aromatic carbocycles. The Kier molecular flexibility index (Phi) is 20.4. The van der Waals surface area contributed by atoms with Crippen LogP contribution in [0.2, 0.25) is 10.0 Å². The van der Waals surface area contributed by atoms with Gasteiger partial charge in [0, 0.05) is 0 Å². The van der Waals surface area contributed by atoms with E-state index in [1.165, 1.54) is 44.9 Å². The van der Waals surface area contributed by atoms with Crippen molar-refractivity contribution in [3.05, 3.63) is 0 Å². The first-order chi connectivity index (χ1) is 6.41. The van der Waals surface area contributed by atoms with E-state index in [9.17, 15) is 0 Å². The number of rotatable bonds is 10. The quantitative estimate of drug-likeness (QED) is 0.379. The van der Waals surface area contributed by atoms with Crippen molar-refractivity contribution in [3.63, 3.8) is 0 Å². The van der Waals surface area contributed by atoms with Crippen molar-refractivity contribution in [2.45, 2.75) is 75.2 Å². The van der Waals surface area contributed by atoms with E-state index < -0.39 is 0 Å². The van der Waals surface area contributed by atoms with Gasteiger partial charge in [0.05, 0.1) is 0 Å². The van der Waals surface area contributed by atoms with Crippen LogP contribution < -0.4 is 0 Å². The van der Waals surface area contributed by atoms with E-state index in [-0.39, 0.29) is 30.6 Å². The Labute approximate surface area is 106 Å². The van der Waals surface area contributed by atoms with Crippen LogP contribution in [0.3, 0.4) is 0 Å². The Morgan fingerprint density at radius 3 is 1.79 bits per heavy atom. The van der Waals surface area contributed by atoms with Crippen molar-refractivity contribution in [3.8, 4) is 0 Å². The van der Waals surface area contributed by atoms with Gasteiger partial charge in [0.2, 0.25) is 0 Å². The van der Waals surface area contributed by atoms with Crippen molar-refractivity contribution in [2.75, 3.05) is 0 Å². The molecule has 84 valence electrons. The summed E-state index contributed by atoms with van der Waals surface area (Å²) in [5.41, 5.74) is 0. The Hall–Kier alpha value is 0.973. The summed E-state index contributed by atoms with van der Waals surface area (Å²) < 4.78 is 0. The summed E-state index contributed by atoms with van der Waals surface area (Å²) >= 11 is -0.0287. The molecule has 2 heteroatoms. The molecule has 0 radical (unpaired) electrons. The van der Waals surface area contributed by atoms with Gasteiger partial charge >= 0.3 is 92.4 Å². The van der Waals surface area contributed by atoms with E-state index in [1.54, 1.807) is 16.5 Å². The molecule has 0 N–H and O–H groups in total. The number of hydrogen-bond donors (Lipinski definition) is 0. The zero-order valence-corrected chi connectivity index (χ0v) is 14.2.